The predicted molar refractivity (Wildman–Crippen MR) is 68.2 cm³/mol. The van der Waals surface area contributed by atoms with Gasteiger partial charge in [-0.3, -0.25) is 4.79 Å². The summed E-state index contributed by atoms with van der Waals surface area (Å²) >= 11 is 0. The molecule has 1 aromatic carbocycles. The summed E-state index contributed by atoms with van der Waals surface area (Å²) in [4.78, 5) is 11.4. The van der Waals surface area contributed by atoms with E-state index in [1.807, 2.05) is 6.07 Å². The SMILES string of the molecule is C=CS(=O)(=O)C/C=C/C(=O)Nc1ccccc1. The molecule has 90 valence electrons. The molecule has 0 atom stereocenters. The van der Waals surface area contributed by atoms with Gasteiger partial charge in [-0.2, -0.15) is 0 Å². The van der Waals surface area contributed by atoms with E-state index in [2.05, 4.69) is 11.9 Å². The molecule has 0 aromatic heterocycles. The van der Waals surface area contributed by atoms with E-state index < -0.39 is 9.84 Å². The molecule has 1 rings (SSSR count). The van der Waals surface area contributed by atoms with E-state index in [0.29, 0.717) is 5.69 Å². The highest BCUT2D eigenvalue weighted by atomic mass is 32.2. The maximum absolute atomic E-state index is 11.4. The molecule has 5 heteroatoms. The van der Waals surface area contributed by atoms with Crippen molar-refractivity contribution in [2.24, 2.45) is 0 Å². The summed E-state index contributed by atoms with van der Waals surface area (Å²) in [5.74, 6) is -0.589. The molecule has 0 fully saturated rings. The van der Waals surface area contributed by atoms with Gasteiger partial charge in [-0.1, -0.05) is 30.9 Å². The van der Waals surface area contributed by atoms with Crippen LogP contribution in [0.4, 0.5) is 5.69 Å². The minimum absolute atomic E-state index is 0.224. The number of sulfone groups is 1. The first-order chi connectivity index (χ1) is 8.03. The van der Waals surface area contributed by atoms with Crippen molar-refractivity contribution in [3.63, 3.8) is 0 Å². The Labute approximate surface area is 101 Å². The van der Waals surface area contributed by atoms with Crippen molar-refractivity contribution in [1.82, 2.24) is 0 Å². The third-order valence-corrected chi connectivity index (χ3v) is 3.06. The Kier molecular flexibility index (Phi) is 4.66. The Hall–Kier alpha value is -1.88. The Balaban J connectivity index is 2.51. The highest BCUT2D eigenvalue weighted by Crippen LogP contribution is 2.04. The zero-order valence-electron chi connectivity index (χ0n) is 9.17. The average Bonchev–Trinajstić information content (AvgIpc) is 2.30. The minimum Gasteiger partial charge on any atom is -0.323 e. The van der Waals surface area contributed by atoms with Crippen LogP contribution < -0.4 is 5.32 Å². The van der Waals surface area contributed by atoms with Gasteiger partial charge in [0.15, 0.2) is 9.84 Å². The van der Waals surface area contributed by atoms with Crippen LogP contribution in [0.15, 0.2) is 54.5 Å². The third-order valence-electron chi connectivity index (χ3n) is 1.89. The first-order valence-electron chi connectivity index (χ1n) is 4.91. The Morgan fingerprint density at radius 3 is 2.53 bits per heavy atom. The number of amides is 1. The van der Waals surface area contributed by atoms with Crippen LogP contribution in [0.2, 0.25) is 0 Å². The van der Waals surface area contributed by atoms with Crippen molar-refractivity contribution in [2.75, 3.05) is 11.1 Å². The third kappa shape index (κ3) is 5.12. The van der Waals surface area contributed by atoms with Crippen molar-refractivity contribution < 1.29 is 13.2 Å². The van der Waals surface area contributed by atoms with Crippen molar-refractivity contribution in [2.45, 2.75) is 0 Å². The lowest BCUT2D eigenvalue weighted by Gasteiger charge is -2.00. The Morgan fingerprint density at radius 2 is 1.94 bits per heavy atom. The number of anilines is 1. The lowest BCUT2D eigenvalue weighted by Crippen LogP contribution is -2.08. The summed E-state index contributed by atoms with van der Waals surface area (Å²) in [5, 5.41) is 3.47. The van der Waals surface area contributed by atoms with Gasteiger partial charge in [0.25, 0.3) is 0 Å². The molecule has 0 heterocycles. The number of benzene rings is 1. The van der Waals surface area contributed by atoms with Crippen LogP contribution in [0.25, 0.3) is 0 Å². The summed E-state index contributed by atoms with van der Waals surface area (Å²) in [7, 11) is -3.29. The van der Waals surface area contributed by atoms with Crippen LogP contribution in [0.5, 0.6) is 0 Å². The lowest BCUT2D eigenvalue weighted by molar-refractivity contribution is -0.111. The Bertz CT molecular complexity index is 518. The number of nitrogens with one attached hydrogen (secondary N) is 1. The van der Waals surface area contributed by atoms with Gasteiger partial charge in [0.2, 0.25) is 5.91 Å². The highest BCUT2D eigenvalue weighted by Gasteiger charge is 2.01. The summed E-state index contributed by atoms with van der Waals surface area (Å²) in [5.41, 5.74) is 0.661. The van der Waals surface area contributed by atoms with E-state index in [1.165, 1.54) is 12.2 Å². The quantitative estimate of drug-likeness (QED) is 0.811. The molecule has 0 saturated carbocycles. The molecule has 0 aliphatic rings. The molecular weight excluding hydrogens is 238 g/mol. The van der Waals surface area contributed by atoms with Crippen molar-refractivity contribution in [3.8, 4) is 0 Å². The molecule has 0 bridgehead atoms. The van der Waals surface area contributed by atoms with Gasteiger partial charge in [0.05, 0.1) is 5.75 Å². The molecule has 17 heavy (non-hydrogen) atoms. The molecule has 1 N–H and O–H groups in total. The molecule has 1 amide bonds. The number of hydrogen-bond acceptors (Lipinski definition) is 3. The molecule has 0 radical (unpaired) electrons. The van der Waals surface area contributed by atoms with Crippen LogP contribution in [0.1, 0.15) is 0 Å². The van der Waals surface area contributed by atoms with Crippen LogP contribution in [0, 0.1) is 0 Å². The van der Waals surface area contributed by atoms with E-state index in [-0.39, 0.29) is 11.7 Å². The monoisotopic (exact) mass is 251 g/mol. The van der Waals surface area contributed by atoms with Gasteiger partial charge in [0.1, 0.15) is 0 Å². The van der Waals surface area contributed by atoms with Gasteiger partial charge in [-0.15, -0.1) is 0 Å². The fraction of sp³-hybridized carbons (Fsp3) is 0.0833. The van der Waals surface area contributed by atoms with Crippen LogP contribution in [-0.2, 0) is 14.6 Å². The van der Waals surface area contributed by atoms with Crippen molar-refractivity contribution in [3.05, 3.63) is 54.5 Å². The van der Waals surface area contributed by atoms with Gasteiger partial charge in [-0.25, -0.2) is 8.42 Å². The van der Waals surface area contributed by atoms with E-state index in [9.17, 15) is 13.2 Å². The summed E-state index contributed by atoms with van der Waals surface area (Å²) < 4.78 is 22.1. The summed E-state index contributed by atoms with van der Waals surface area (Å²) in [6, 6.07) is 8.91. The highest BCUT2D eigenvalue weighted by molar-refractivity contribution is 7.94. The van der Waals surface area contributed by atoms with Gasteiger partial charge >= 0.3 is 0 Å². The minimum atomic E-state index is -3.29. The zero-order valence-corrected chi connectivity index (χ0v) is 9.98. The smallest absolute Gasteiger partial charge is 0.248 e. The Morgan fingerprint density at radius 1 is 1.29 bits per heavy atom. The number of hydrogen-bond donors (Lipinski definition) is 1. The van der Waals surface area contributed by atoms with E-state index in [0.717, 1.165) is 5.41 Å². The normalized spacial score (nSPS) is 11.3. The van der Waals surface area contributed by atoms with Crippen LogP contribution in [0.3, 0.4) is 0 Å². The standard InChI is InChI=1S/C12H13NO3S/c1-2-17(15,16)10-6-9-12(14)13-11-7-4-3-5-8-11/h2-9H,1,10H2,(H,13,14)/b9-6+. The first-order valence-corrected chi connectivity index (χ1v) is 6.63. The molecular formula is C12H13NO3S. The molecule has 0 unspecified atom stereocenters. The van der Waals surface area contributed by atoms with Crippen LogP contribution in [-0.4, -0.2) is 20.1 Å². The number of rotatable bonds is 5. The van der Waals surface area contributed by atoms with Crippen LogP contribution >= 0.6 is 0 Å². The zero-order chi connectivity index (χ0) is 12.7. The molecule has 0 aliphatic heterocycles. The van der Waals surface area contributed by atoms with E-state index in [4.69, 9.17) is 0 Å². The van der Waals surface area contributed by atoms with Crippen molar-refractivity contribution in [1.29, 1.82) is 0 Å². The van der Waals surface area contributed by atoms with Gasteiger partial charge in [0, 0.05) is 17.2 Å². The maximum Gasteiger partial charge on any atom is 0.248 e. The van der Waals surface area contributed by atoms with E-state index in [1.54, 1.807) is 24.3 Å². The van der Waals surface area contributed by atoms with Crippen molar-refractivity contribution >= 4 is 21.4 Å². The molecule has 0 aliphatic carbocycles. The average molecular weight is 251 g/mol. The lowest BCUT2D eigenvalue weighted by atomic mass is 10.3. The topological polar surface area (TPSA) is 63.2 Å². The fourth-order valence-electron chi connectivity index (χ4n) is 1.06. The van der Waals surface area contributed by atoms with Gasteiger partial charge in [-0.05, 0) is 12.1 Å². The molecule has 0 saturated heterocycles. The molecule has 1 aromatic rings. The summed E-state index contributed by atoms with van der Waals surface area (Å²) in [6.45, 7) is 3.18. The molecule has 4 nitrogen and oxygen atoms in total. The fourth-order valence-corrected chi connectivity index (χ4v) is 1.56. The second kappa shape index (κ2) is 6.00. The summed E-state index contributed by atoms with van der Waals surface area (Å²) in [6.07, 6.45) is 2.48. The molecule has 0 spiro atoms. The number of carbonyl (C=O) groups excluding carboxylic acids is 1. The largest absolute Gasteiger partial charge is 0.323 e. The predicted octanol–water partition coefficient (Wildman–Crippen LogP) is 1.74. The first kappa shape index (κ1) is 13.2. The number of para-hydroxylation sites is 1. The number of carbonyl (C=O) groups is 1. The second-order valence-corrected chi connectivity index (χ2v) is 5.25. The van der Waals surface area contributed by atoms with E-state index >= 15 is 0 Å². The van der Waals surface area contributed by atoms with Gasteiger partial charge < -0.3 is 5.32 Å². The second-order valence-electron chi connectivity index (χ2n) is 3.25. The maximum atomic E-state index is 11.4.